The van der Waals surface area contributed by atoms with E-state index in [-0.39, 0.29) is 5.78 Å². The van der Waals surface area contributed by atoms with Gasteiger partial charge < -0.3 is 5.84 Å². The van der Waals surface area contributed by atoms with Crippen LogP contribution >= 0.6 is 0 Å². The number of nitrogens with two attached hydrogens (primary N) is 1. The summed E-state index contributed by atoms with van der Waals surface area (Å²) in [5.41, 5.74) is 0.449. The third-order valence-corrected chi connectivity index (χ3v) is 0.897. The Labute approximate surface area is 48.6 Å². The van der Waals surface area contributed by atoms with Crippen molar-refractivity contribution in [3.8, 4) is 0 Å². The Morgan fingerprint density at radius 1 is 1.75 bits per heavy atom. The van der Waals surface area contributed by atoms with Crippen LogP contribution in [-0.2, 0) is 4.79 Å². The molecule has 0 aromatic heterocycles. The molecule has 0 heterocycles. The van der Waals surface area contributed by atoms with Crippen molar-refractivity contribution in [1.29, 1.82) is 0 Å². The molecule has 0 aliphatic carbocycles. The second kappa shape index (κ2) is 3.18. The molecule has 0 spiro atoms. The van der Waals surface area contributed by atoms with Crippen molar-refractivity contribution in [3.05, 3.63) is 0 Å². The molecule has 0 unspecified atom stereocenters. The summed E-state index contributed by atoms with van der Waals surface area (Å²) in [7, 11) is 0. The lowest BCUT2D eigenvalue weighted by atomic mass is 10.2. The molecule has 0 saturated heterocycles. The smallest absolute Gasteiger partial charge is 0.175 e. The molecule has 46 valence electrons. The molecule has 0 aliphatic heterocycles. The fraction of sp³-hybridized carbons (Fsp3) is 0.600. The third-order valence-electron chi connectivity index (χ3n) is 0.897. The molecule has 8 heavy (non-hydrogen) atoms. The van der Waals surface area contributed by atoms with Gasteiger partial charge in [0.2, 0.25) is 0 Å². The van der Waals surface area contributed by atoms with E-state index in [0.29, 0.717) is 12.1 Å². The molecule has 0 amide bonds. The minimum absolute atomic E-state index is 0.0463. The predicted molar refractivity (Wildman–Crippen MR) is 32.6 cm³/mol. The Morgan fingerprint density at radius 3 is 2.25 bits per heavy atom. The van der Waals surface area contributed by atoms with Gasteiger partial charge in [0.25, 0.3) is 0 Å². The number of rotatable bonds is 2. The minimum Gasteiger partial charge on any atom is -0.323 e. The van der Waals surface area contributed by atoms with E-state index in [1.165, 1.54) is 6.92 Å². The third kappa shape index (κ3) is 1.73. The fourth-order valence-electron chi connectivity index (χ4n) is 0.431. The SMILES string of the molecule is CC/C(=N/N)C(C)=O. The number of hydrogen-bond donors (Lipinski definition) is 1. The van der Waals surface area contributed by atoms with Crippen LogP contribution in [0.5, 0.6) is 0 Å². The van der Waals surface area contributed by atoms with Crippen LogP contribution in [0.2, 0.25) is 0 Å². The number of carbonyl (C=O) groups is 1. The molecule has 0 atom stereocenters. The van der Waals surface area contributed by atoms with Crippen LogP contribution in [0.4, 0.5) is 0 Å². The van der Waals surface area contributed by atoms with Gasteiger partial charge in [-0.2, -0.15) is 5.10 Å². The van der Waals surface area contributed by atoms with Gasteiger partial charge in [-0.05, 0) is 6.42 Å². The van der Waals surface area contributed by atoms with Crippen molar-refractivity contribution in [2.24, 2.45) is 10.9 Å². The van der Waals surface area contributed by atoms with Gasteiger partial charge in [0.1, 0.15) is 5.71 Å². The first-order chi connectivity index (χ1) is 3.72. The Morgan fingerprint density at radius 2 is 2.25 bits per heavy atom. The zero-order valence-corrected chi connectivity index (χ0v) is 5.14. The first-order valence-corrected chi connectivity index (χ1v) is 2.50. The van der Waals surface area contributed by atoms with Gasteiger partial charge in [0.15, 0.2) is 5.78 Å². The standard InChI is InChI=1S/C5H10N2O/c1-3-5(7-6)4(2)8/h3,6H2,1-2H3/b7-5-. The van der Waals surface area contributed by atoms with Crippen LogP contribution in [0.25, 0.3) is 0 Å². The Balaban J connectivity index is 3.92. The lowest BCUT2D eigenvalue weighted by molar-refractivity contribution is -0.111. The van der Waals surface area contributed by atoms with E-state index in [2.05, 4.69) is 5.10 Å². The van der Waals surface area contributed by atoms with Crippen molar-refractivity contribution in [1.82, 2.24) is 0 Å². The summed E-state index contributed by atoms with van der Waals surface area (Å²) in [5.74, 6) is 4.81. The van der Waals surface area contributed by atoms with E-state index < -0.39 is 0 Å². The molecule has 0 aliphatic rings. The number of carbonyl (C=O) groups excluding carboxylic acids is 1. The average molecular weight is 114 g/mol. The second-order valence-corrected chi connectivity index (χ2v) is 1.49. The maximum Gasteiger partial charge on any atom is 0.175 e. The number of hydrazone groups is 1. The largest absolute Gasteiger partial charge is 0.323 e. The zero-order valence-electron chi connectivity index (χ0n) is 5.14. The maximum atomic E-state index is 10.4. The molecule has 0 aromatic carbocycles. The molecular formula is C5H10N2O. The summed E-state index contributed by atoms with van der Waals surface area (Å²) in [6.45, 7) is 3.29. The number of ketones is 1. The average Bonchev–Trinajstić information content (AvgIpc) is 1.69. The van der Waals surface area contributed by atoms with E-state index in [0.717, 1.165) is 0 Å². The van der Waals surface area contributed by atoms with E-state index in [1.807, 2.05) is 6.92 Å². The molecule has 0 rings (SSSR count). The van der Waals surface area contributed by atoms with Crippen molar-refractivity contribution in [2.75, 3.05) is 0 Å². The molecule has 0 aromatic rings. The highest BCUT2D eigenvalue weighted by atomic mass is 16.1. The van der Waals surface area contributed by atoms with E-state index in [1.54, 1.807) is 0 Å². The molecular weight excluding hydrogens is 104 g/mol. The molecule has 3 nitrogen and oxygen atoms in total. The molecule has 0 fully saturated rings. The van der Waals surface area contributed by atoms with Gasteiger partial charge in [0, 0.05) is 6.92 Å². The van der Waals surface area contributed by atoms with Crippen LogP contribution in [0.15, 0.2) is 5.10 Å². The normalized spacial score (nSPS) is 11.5. The van der Waals surface area contributed by atoms with Crippen molar-refractivity contribution < 1.29 is 4.79 Å². The van der Waals surface area contributed by atoms with E-state index in [4.69, 9.17) is 5.84 Å². The number of Topliss-reactive ketones (excluding diaryl/α,β-unsaturated/α-hetero) is 1. The van der Waals surface area contributed by atoms with Crippen LogP contribution in [0, 0.1) is 0 Å². The van der Waals surface area contributed by atoms with Gasteiger partial charge >= 0.3 is 0 Å². The summed E-state index contributed by atoms with van der Waals surface area (Å²) < 4.78 is 0. The van der Waals surface area contributed by atoms with Crippen LogP contribution in [-0.4, -0.2) is 11.5 Å². The second-order valence-electron chi connectivity index (χ2n) is 1.49. The highest BCUT2D eigenvalue weighted by molar-refractivity contribution is 6.38. The van der Waals surface area contributed by atoms with Crippen molar-refractivity contribution >= 4 is 11.5 Å². The van der Waals surface area contributed by atoms with E-state index in [9.17, 15) is 4.79 Å². The first kappa shape index (κ1) is 7.14. The number of nitrogens with zero attached hydrogens (tertiary/aromatic N) is 1. The van der Waals surface area contributed by atoms with Gasteiger partial charge in [-0.25, -0.2) is 0 Å². The molecule has 0 radical (unpaired) electrons. The van der Waals surface area contributed by atoms with Gasteiger partial charge in [0.05, 0.1) is 0 Å². The fourth-order valence-corrected chi connectivity index (χ4v) is 0.431. The molecule has 2 N–H and O–H groups in total. The van der Waals surface area contributed by atoms with Crippen LogP contribution < -0.4 is 5.84 Å². The predicted octanol–water partition coefficient (Wildman–Crippen LogP) is 0.300. The molecule has 0 saturated carbocycles. The summed E-state index contributed by atoms with van der Waals surface area (Å²) in [6.07, 6.45) is 0.617. The quantitative estimate of drug-likeness (QED) is 0.319. The van der Waals surface area contributed by atoms with Gasteiger partial charge in [-0.15, -0.1) is 0 Å². The van der Waals surface area contributed by atoms with Crippen LogP contribution in [0.1, 0.15) is 20.3 Å². The van der Waals surface area contributed by atoms with Crippen molar-refractivity contribution in [3.63, 3.8) is 0 Å². The summed E-state index contributed by atoms with van der Waals surface area (Å²) >= 11 is 0. The molecule has 0 bridgehead atoms. The lowest BCUT2D eigenvalue weighted by Gasteiger charge is -1.90. The summed E-state index contributed by atoms with van der Waals surface area (Å²) in [6, 6.07) is 0. The topological polar surface area (TPSA) is 55.4 Å². The zero-order chi connectivity index (χ0) is 6.57. The Kier molecular flexibility index (Phi) is 2.84. The summed E-state index contributed by atoms with van der Waals surface area (Å²) in [5, 5.41) is 3.27. The Bertz CT molecular complexity index is 118. The molecule has 3 heteroatoms. The Hall–Kier alpha value is -0.860. The highest BCUT2D eigenvalue weighted by Gasteiger charge is 1.99. The van der Waals surface area contributed by atoms with Gasteiger partial charge in [-0.1, -0.05) is 6.92 Å². The first-order valence-electron chi connectivity index (χ1n) is 2.50. The van der Waals surface area contributed by atoms with Gasteiger partial charge in [-0.3, -0.25) is 4.79 Å². The van der Waals surface area contributed by atoms with E-state index >= 15 is 0 Å². The number of hydrogen-bond acceptors (Lipinski definition) is 3. The van der Waals surface area contributed by atoms with Crippen molar-refractivity contribution in [2.45, 2.75) is 20.3 Å². The monoisotopic (exact) mass is 114 g/mol. The minimum atomic E-state index is -0.0463. The highest BCUT2D eigenvalue weighted by Crippen LogP contribution is 1.83. The lowest BCUT2D eigenvalue weighted by Crippen LogP contribution is -2.10. The van der Waals surface area contributed by atoms with Crippen LogP contribution in [0.3, 0.4) is 0 Å². The maximum absolute atomic E-state index is 10.4. The summed E-state index contributed by atoms with van der Waals surface area (Å²) in [4.78, 5) is 10.4.